The summed E-state index contributed by atoms with van der Waals surface area (Å²) in [5.41, 5.74) is 1.69. The zero-order valence-electron chi connectivity index (χ0n) is 9.61. The summed E-state index contributed by atoms with van der Waals surface area (Å²) in [6, 6.07) is 7.46. The molecule has 0 radical (unpaired) electrons. The lowest BCUT2D eigenvalue weighted by molar-refractivity contribution is 0.0765. The average molecular weight is 293 g/mol. The van der Waals surface area contributed by atoms with E-state index in [-0.39, 0.29) is 11.9 Å². The Morgan fingerprint density at radius 3 is 3.00 bits per heavy atom. The first kappa shape index (κ1) is 12.1. The number of aryl methyl sites for hydroxylation is 1. The van der Waals surface area contributed by atoms with Crippen molar-refractivity contribution < 1.29 is 4.79 Å². The minimum Gasteiger partial charge on any atom is -0.323 e. The lowest BCUT2D eigenvalue weighted by Crippen LogP contribution is -2.34. The third kappa shape index (κ3) is 2.34. The second-order valence-electron chi connectivity index (χ2n) is 4.25. The molecule has 0 spiro atoms. The number of halogens is 1. The van der Waals surface area contributed by atoms with E-state index in [4.69, 9.17) is 5.26 Å². The van der Waals surface area contributed by atoms with Crippen LogP contribution in [-0.2, 0) is 0 Å². The molecular formula is C13H13BrN2O. The molecule has 0 saturated carbocycles. The van der Waals surface area contributed by atoms with E-state index in [0.29, 0.717) is 12.1 Å². The van der Waals surface area contributed by atoms with Crippen molar-refractivity contribution in [3.05, 3.63) is 33.8 Å². The maximum atomic E-state index is 12.2. The Hall–Kier alpha value is -1.34. The fraction of sp³-hybridized carbons (Fsp3) is 0.385. The van der Waals surface area contributed by atoms with Gasteiger partial charge in [0.05, 0.1) is 6.07 Å². The van der Waals surface area contributed by atoms with Gasteiger partial charge in [-0.2, -0.15) is 5.26 Å². The summed E-state index contributed by atoms with van der Waals surface area (Å²) in [6.07, 6.45) is 1.71. The van der Waals surface area contributed by atoms with Crippen LogP contribution in [0.4, 0.5) is 0 Å². The van der Waals surface area contributed by atoms with E-state index in [1.54, 1.807) is 11.0 Å². The second kappa shape index (κ2) is 4.89. The highest BCUT2D eigenvalue weighted by atomic mass is 79.9. The smallest absolute Gasteiger partial charge is 0.254 e. The maximum Gasteiger partial charge on any atom is 0.254 e. The summed E-state index contributed by atoms with van der Waals surface area (Å²) in [4.78, 5) is 13.9. The predicted molar refractivity (Wildman–Crippen MR) is 68.6 cm³/mol. The van der Waals surface area contributed by atoms with Crippen molar-refractivity contribution in [2.45, 2.75) is 25.8 Å². The van der Waals surface area contributed by atoms with Gasteiger partial charge in [-0.05, 0) is 43.5 Å². The first-order valence-corrected chi connectivity index (χ1v) is 6.39. The minimum absolute atomic E-state index is 0.0374. The molecule has 2 rings (SSSR count). The number of benzene rings is 1. The lowest BCUT2D eigenvalue weighted by Gasteiger charge is -2.19. The minimum atomic E-state index is -0.258. The zero-order chi connectivity index (χ0) is 12.4. The topological polar surface area (TPSA) is 44.1 Å². The normalized spacial score (nSPS) is 19.1. The fourth-order valence-electron chi connectivity index (χ4n) is 2.09. The molecule has 1 aromatic carbocycles. The quantitative estimate of drug-likeness (QED) is 0.799. The number of nitrogens with zero attached hydrogens (tertiary/aromatic N) is 2. The highest BCUT2D eigenvalue weighted by Crippen LogP contribution is 2.22. The molecule has 1 amide bonds. The molecule has 4 heteroatoms. The third-order valence-corrected chi connectivity index (χ3v) is 3.96. The molecule has 88 valence electrons. The number of carbonyl (C=O) groups excluding carboxylic acids is 1. The Morgan fingerprint density at radius 2 is 2.35 bits per heavy atom. The predicted octanol–water partition coefficient (Wildman–Crippen LogP) is 2.89. The van der Waals surface area contributed by atoms with Crippen LogP contribution in [0.5, 0.6) is 0 Å². The summed E-state index contributed by atoms with van der Waals surface area (Å²) < 4.78 is 0.993. The number of likely N-dealkylation sites (tertiary alicyclic amines) is 1. The van der Waals surface area contributed by atoms with Gasteiger partial charge in [-0.25, -0.2) is 0 Å². The van der Waals surface area contributed by atoms with Gasteiger partial charge < -0.3 is 4.90 Å². The average Bonchev–Trinajstić information content (AvgIpc) is 2.80. The van der Waals surface area contributed by atoms with Crippen LogP contribution >= 0.6 is 15.9 Å². The SMILES string of the molecule is Cc1cc(C(=O)N2CCCC2C#N)ccc1Br. The maximum absolute atomic E-state index is 12.2. The molecule has 1 saturated heterocycles. The number of hydrogen-bond acceptors (Lipinski definition) is 2. The Bertz CT molecular complexity index is 493. The molecule has 0 bridgehead atoms. The molecular weight excluding hydrogens is 280 g/mol. The van der Waals surface area contributed by atoms with E-state index < -0.39 is 0 Å². The summed E-state index contributed by atoms with van der Waals surface area (Å²) in [5.74, 6) is -0.0374. The molecule has 1 fully saturated rings. The van der Waals surface area contributed by atoms with Gasteiger partial charge in [-0.1, -0.05) is 15.9 Å². The van der Waals surface area contributed by atoms with Crippen molar-refractivity contribution in [1.82, 2.24) is 4.90 Å². The summed E-state index contributed by atoms with van der Waals surface area (Å²) in [7, 11) is 0. The Morgan fingerprint density at radius 1 is 1.59 bits per heavy atom. The summed E-state index contributed by atoms with van der Waals surface area (Å²) in [6.45, 7) is 2.64. The van der Waals surface area contributed by atoms with Gasteiger partial charge in [0.25, 0.3) is 5.91 Å². The third-order valence-electron chi connectivity index (χ3n) is 3.07. The van der Waals surface area contributed by atoms with Gasteiger partial charge in [-0.3, -0.25) is 4.79 Å². The lowest BCUT2D eigenvalue weighted by atomic mass is 10.1. The van der Waals surface area contributed by atoms with Crippen LogP contribution in [0.2, 0.25) is 0 Å². The van der Waals surface area contributed by atoms with Crippen molar-refractivity contribution in [2.24, 2.45) is 0 Å². The second-order valence-corrected chi connectivity index (χ2v) is 5.10. The van der Waals surface area contributed by atoms with Crippen LogP contribution in [0.15, 0.2) is 22.7 Å². The van der Waals surface area contributed by atoms with E-state index in [0.717, 1.165) is 22.9 Å². The number of hydrogen-bond donors (Lipinski definition) is 0. The highest BCUT2D eigenvalue weighted by molar-refractivity contribution is 9.10. The standard InChI is InChI=1S/C13H13BrN2O/c1-9-7-10(4-5-12(9)14)13(17)16-6-2-3-11(16)8-15/h4-5,7,11H,2-3,6H2,1H3. The van der Waals surface area contributed by atoms with Gasteiger partial charge in [0.2, 0.25) is 0 Å². The zero-order valence-corrected chi connectivity index (χ0v) is 11.2. The molecule has 1 aliphatic rings. The van der Waals surface area contributed by atoms with Crippen molar-refractivity contribution in [3.8, 4) is 6.07 Å². The first-order valence-electron chi connectivity index (χ1n) is 5.60. The van der Waals surface area contributed by atoms with Gasteiger partial charge in [0.1, 0.15) is 6.04 Å². The number of rotatable bonds is 1. The molecule has 1 heterocycles. The van der Waals surface area contributed by atoms with Crippen LogP contribution in [0.1, 0.15) is 28.8 Å². The molecule has 0 aromatic heterocycles. The Kier molecular flexibility index (Phi) is 3.49. The largest absolute Gasteiger partial charge is 0.323 e. The highest BCUT2D eigenvalue weighted by Gasteiger charge is 2.29. The van der Waals surface area contributed by atoms with Crippen LogP contribution < -0.4 is 0 Å². The van der Waals surface area contributed by atoms with E-state index in [2.05, 4.69) is 22.0 Å². The fourth-order valence-corrected chi connectivity index (χ4v) is 2.33. The van der Waals surface area contributed by atoms with Crippen LogP contribution in [0.25, 0.3) is 0 Å². The van der Waals surface area contributed by atoms with E-state index >= 15 is 0 Å². The van der Waals surface area contributed by atoms with Crippen LogP contribution in [0.3, 0.4) is 0 Å². The van der Waals surface area contributed by atoms with Gasteiger partial charge in [-0.15, -0.1) is 0 Å². The van der Waals surface area contributed by atoms with Crippen LogP contribution in [0, 0.1) is 18.3 Å². The van der Waals surface area contributed by atoms with E-state index in [9.17, 15) is 4.79 Å². The van der Waals surface area contributed by atoms with Crippen molar-refractivity contribution in [1.29, 1.82) is 5.26 Å². The molecule has 1 aliphatic heterocycles. The monoisotopic (exact) mass is 292 g/mol. The van der Waals surface area contributed by atoms with Gasteiger partial charge >= 0.3 is 0 Å². The van der Waals surface area contributed by atoms with Gasteiger partial charge in [0.15, 0.2) is 0 Å². The molecule has 1 atom stereocenters. The van der Waals surface area contributed by atoms with E-state index in [1.165, 1.54) is 0 Å². The van der Waals surface area contributed by atoms with E-state index in [1.807, 2.05) is 19.1 Å². The Balaban J connectivity index is 2.25. The molecule has 1 unspecified atom stereocenters. The van der Waals surface area contributed by atoms with Crippen molar-refractivity contribution >= 4 is 21.8 Å². The molecule has 0 N–H and O–H groups in total. The summed E-state index contributed by atoms with van der Waals surface area (Å²) >= 11 is 3.41. The van der Waals surface area contributed by atoms with Crippen molar-refractivity contribution in [2.75, 3.05) is 6.54 Å². The molecule has 17 heavy (non-hydrogen) atoms. The number of nitriles is 1. The Labute approximate surface area is 109 Å². The molecule has 3 nitrogen and oxygen atoms in total. The van der Waals surface area contributed by atoms with Crippen molar-refractivity contribution in [3.63, 3.8) is 0 Å². The van der Waals surface area contributed by atoms with Gasteiger partial charge in [0, 0.05) is 16.6 Å². The summed E-state index contributed by atoms with van der Waals surface area (Å²) in [5, 5.41) is 8.98. The molecule has 0 aliphatic carbocycles. The number of amides is 1. The first-order chi connectivity index (χ1) is 8.13. The molecule has 1 aromatic rings. The van der Waals surface area contributed by atoms with Crippen LogP contribution in [-0.4, -0.2) is 23.4 Å². The number of carbonyl (C=O) groups is 1.